The SMILES string of the molecule is CC[C@H](C(=O)NCC(C)C)N(Cc1c(Cl)cccc1Cl)C(=O)CN(c1cccc(C(F)(F)F)c1)S(=O)(=O)c1ccccc1. The summed E-state index contributed by atoms with van der Waals surface area (Å²) in [6.45, 7) is 4.63. The molecule has 0 saturated heterocycles. The van der Waals surface area contributed by atoms with Crippen molar-refractivity contribution in [3.05, 3.63) is 94.0 Å². The molecule has 0 aliphatic rings. The van der Waals surface area contributed by atoms with Crippen LogP contribution >= 0.6 is 23.2 Å². The minimum absolute atomic E-state index is 0.107. The van der Waals surface area contributed by atoms with Gasteiger partial charge in [-0.1, -0.05) is 74.3 Å². The summed E-state index contributed by atoms with van der Waals surface area (Å²) in [5.74, 6) is -1.22. The molecule has 0 fully saturated rings. The second kappa shape index (κ2) is 14.5. The highest BCUT2D eigenvalue weighted by molar-refractivity contribution is 7.92. The summed E-state index contributed by atoms with van der Waals surface area (Å²) in [7, 11) is -4.54. The average Bonchev–Trinajstić information content (AvgIpc) is 2.96. The molecule has 0 unspecified atom stereocenters. The van der Waals surface area contributed by atoms with E-state index in [-0.39, 0.29) is 39.5 Å². The van der Waals surface area contributed by atoms with E-state index in [1.54, 1.807) is 31.2 Å². The minimum atomic E-state index is -4.77. The van der Waals surface area contributed by atoms with Gasteiger partial charge in [0.15, 0.2) is 0 Å². The molecule has 0 aromatic heterocycles. The van der Waals surface area contributed by atoms with Crippen LogP contribution in [0.25, 0.3) is 0 Å². The predicted molar refractivity (Wildman–Crippen MR) is 161 cm³/mol. The fourth-order valence-corrected chi connectivity index (χ4v) is 6.23. The van der Waals surface area contributed by atoms with Crippen molar-refractivity contribution in [3.63, 3.8) is 0 Å². The van der Waals surface area contributed by atoms with Crippen LogP contribution in [0.2, 0.25) is 10.0 Å². The molecule has 7 nitrogen and oxygen atoms in total. The summed E-state index contributed by atoms with van der Waals surface area (Å²) in [5.41, 5.74) is -1.14. The van der Waals surface area contributed by atoms with Gasteiger partial charge in [-0.3, -0.25) is 13.9 Å². The van der Waals surface area contributed by atoms with E-state index in [1.165, 1.54) is 30.3 Å². The zero-order valence-corrected chi connectivity index (χ0v) is 26.1. The number of carbonyl (C=O) groups excluding carboxylic acids is 2. The number of hydrogen-bond donors (Lipinski definition) is 1. The Labute approximate surface area is 259 Å². The third kappa shape index (κ3) is 8.64. The Morgan fingerprint density at radius 3 is 2.09 bits per heavy atom. The maximum atomic E-state index is 14.1. The van der Waals surface area contributed by atoms with Crippen molar-refractivity contribution in [3.8, 4) is 0 Å². The van der Waals surface area contributed by atoms with Crippen LogP contribution in [0.3, 0.4) is 0 Å². The summed E-state index contributed by atoms with van der Waals surface area (Å²) in [6.07, 6.45) is -4.62. The second-order valence-electron chi connectivity index (χ2n) is 10.2. The van der Waals surface area contributed by atoms with Crippen LogP contribution in [0, 0.1) is 5.92 Å². The van der Waals surface area contributed by atoms with Gasteiger partial charge in [-0.25, -0.2) is 8.42 Å². The number of hydrogen-bond acceptors (Lipinski definition) is 4. The van der Waals surface area contributed by atoms with Crippen LogP contribution in [0.15, 0.2) is 77.7 Å². The van der Waals surface area contributed by atoms with Crippen molar-refractivity contribution in [2.24, 2.45) is 5.92 Å². The fourth-order valence-electron chi connectivity index (χ4n) is 4.28. The lowest BCUT2D eigenvalue weighted by atomic mass is 10.1. The molecule has 3 aromatic carbocycles. The Morgan fingerprint density at radius 1 is 0.930 bits per heavy atom. The van der Waals surface area contributed by atoms with Crippen molar-refractivity contribution in [1.29, 1.82) is 0 Å². The van der Waals surface area contributed by atoms with Crippen LogP contribution in [0.4, 0.5) is 18.9 Å². The van der Waals surface area contributed by atoms with Crippen molar-refractivity contribution in [2.45, 2.75) is 50.9 Å². The quantitative estimate of drug-likeness (QED) is 0.232. The van der Waals surface area contributed by atoms with Crippen LogP contribution in [0.5, 0.6) is 0 Å². The lowest BCUT2D eigenvalue weighted by molar-refractivity contribution is -0.140. The molecule has 0 aliphatic carbocycles. The number of benzene rings is 3. The fraction of sp³-hybridized carbons (Fsp3) is 0.333. The normalized spacial score (nSPS) is 12.6. The van der Waals surface area contributed by atoms with Crippen molar-refractivity contribution >= 4 is 50.7 Å². The number of halogens is 5. The van der Waals surface area contributed by atoms with Crippen LogP contribution in [-0.4, -0.2) is 44.3 Å². The van der Waals surface area contributed by atoms with Gasteiger partial charge in [-0.2, -0.15) is 13.2 Å². The molecule has 43 heavy (non-hydrogen) atoms. The topological polar surface area (TPSA) is 86.8 Å². The van der Waals surface area contributed by atoms with Crippen LogP contribution in [-0.2, 0) is 32.3 Å². The van der Waals surface area contributed by atoms with Gasteiger partial charge in [0.25, 0.3) is 10.0 Å². The van der Waals surface area contributed by atoms with E-state index in [9.17, 15) is 31.2 Å². The predicted octanol–water partition coefficient (Wildman–Crippen LogP) is 6.79. The van der Waals surface area contributed by atoms with Crippen molar-refractivity contribution < 1.29 is 31.2 Å². The smallest absolute Gasteiger partial charge is 0.354 e. The number of sulfonamides is 1. The molecule has 0 radical (unpaired) electrons. The van der Waals surface area contributed by atoms with Crippen molar-refractivity contribution in [2.75, 3.05) is 17.4 Å². The zero-order chi connectivity index (χ0) is 31.9. The number of amides is 2. The average molecular weight is 659 g/mol. The van der Waals surface area contributed by atoms with Gasteiger partial charge in [0, 0.05) is 28.7 Å². The Balaban J connectivity index is 2.13. The first-order chi connectivity index (χ1) is 20.2. The lowest BCUT2D eigenvalue weighted by Crippen LogP contribution is -2.52. The standard InChI is InChI=1S/C30H32Cl2F3N3O4S/c1-4-27(29(40)36-17-20(2)3)37(18-24-25(31)14-9-15-26(24)32)28(39)19-38(43(41,42)23-12-6-5-7-13-23)22-11-8-10-21(16-22)30(33,34)35/h5-16,20,27H,4,17-19H2,1-3H3,(H,36,40)/t27-/m1/s1. The molecule has 2 amide bonds. The van der Waals surface area contributed by atoms with Gasteiger partial charge in [-0.15, -0.1) is 0 Å². The Bertz CT molecular complexity index is 1520. The van der Waals surface area contributed by atoms with E-state index in [4.69, 9.17) is 23.2 Å². The van der Waals surface area contributed by atoms with Crippen LogP contribution in [0.1, 0.15) is 38.3 Å². The van der Waals surface area contributed by atoms with Gasteiger partial charge in [0.2, 0.25) is 11.8 Å². The summed E-state index contributed by atoms with van der Waals surface area (Å²) in [5, 5.41) is 3.23. The summed E-state index contributed by atoms with van der Waals surface area (Å²) in [4.78, 5) is 28.3. The second-order valence-corrected chi connectivity index (χ2v) is 12.8. The number of nitrogens with one attached hydrogen (secondary N) is 1. The molecule has 0 saturated carbocycles. The van der Waals surface area contributed by atoms with E-state index >= 15 is 0 Å². The Hall–Kier alpha value is -3.28. The van der Waals surface area contributed by atoms with E-state index in [0.717, 1.165) is 17.0 Å². The molecule has 0 heterocycles. The summed E-state index contributed by atoms with van der Waals surface area (Å²) in [6, 6.07) is 14.4. The van der Waals surface area contributed by atoms with E-state index in [2.05, 4.69) is 5.32 Å². The monoisotopic (exact) mass is 657 g/mol. The number of anilines is 1. The molecule has 1 N–H and O–H groups in total. The number of rotatable bonds is 12. The lowest BCUT2D eigenvalue weighted by Gasteiger charge is -2.33. The first-order valence-corrected chi connectivity index (χ1v) is 15.6. The maximum Gasteiger partial charge on any atom is 0.416 e. The molecule has 3 rings (SSSR count). The van der Waals surface area contributed by atoms with E-state index < -0.39 is 46.2 Å². The zero-order valence-electron chi connectivity index (χ0n) is 23.7. The summed E-state index contributed by atoms with van der Waals surface area (Å²) < 4.78 is 69.1. The van der Waals surface area contributed by atoms with Gasteiger partial charge < -0.3 is 10.2 Å². The Morgan fingerprint density at radius 2 is 1.53 bits per heavy atom. The molecule has 3 aromatic rings. The summed E-state index contributed by atoms with van der Waals surface area (Å²) >= 11 is 12.8. The third-order valence-corrected chi connectivity index (χ3v) is 9.03. The van der Waals surface area contributed by atoms with Crippen molar-refractivity contribution in [1.82, 2.24) is 10.2 Å². The van der Waals surface area contributed by atoms with E-state index in [0.29, 0.717) is 22.5 Å². The maximum absolute atomic E-state index is 14.1. The number of nitrogens with zero attached hydrogens (tertiary/aromatic N) is 2. The first-order valence-electron chi connectivity index (χ1n) is 13.4. The molecular weight excluding hydrogens is 626 g/mol. The molecule has 0 spiro atoms. The molecule has 232 valence electrons. The number of alkyl halides is 3. The number of carbonyl (C=O) groups is 2. The highest BCUT2D eigenvalue weighted by Gasteiger charge is 2.36. The first kappa shape index (κ1) is 34.2. The molecule has 0 aliphatic heterocycles. The third-order valence-electron chi connectivity index (χ3n) is 6.53. The van der Waals surface area contributed by atoms with Gasteiger partial charge in [-0.05, 0) is 54.8 Å². The van der Waals surface area contributed by atoms with Gasteiger partial charge >= 0.3 is 6.18 Å². The molecule has 1 atom stereocenters. The Kier molecular flexibility index (Phi) is 11.5. The van der Waals surface area contributed by atoms with Gasteiger partial charge in [0.1, 0.15) is 12.6 Å². The molecule has 13 heteroatoms. The molecular formula is C30H32Cl2F3N3O4S. The largest absolute Gasteiger partial charge is 0.416 e. The highest BCUT2D eigenvalue weighted by atomic mass is 35.5. The van der Waals surface area contributed by atoms with Gasteiger partial charge in [0.05, 0.1) is 16.1 Å². The minimum Gasteiger partial charge on any atom is -0.354 e. The highest BCUT2D eigenvalue weighted by Crippen LogP contribution is 2.34. The van der Waals surface area contributed by atoms with E-state index in [1.807, 2.05) is 13.8 Å². The van der Waals surface area contributed by atoms with Crippen LogP contribution < -0.4 is 9.62 Å². The molecule has 0 bridgehead atoms.